The van der Waals surface area contributed by atoms with Gasteiger partial charge in [0.2, 0.25) is 5.91 Å². The maximum atomic E-state index is 13.8. The summed E-state index contributed by atoms with van der Waals surface area (Å²) in [6.45, 7) is 7.66. The first-order valence-electron chi connectivity index (χ1n) is 9.92. The highest BCUT2D eigenvalue weighted by molar-refractivity contribution is 5.92. The number of piperidine rings is 1. The number of carbonyl (C=O) groups is 1. The molecule has 0 saturated carbocycles. The van der Waals surface area contributed by atoms with Crippen LogP contribution in [-0.4, -0.2) is 66.5 Å². The molecule has 2 saturated heterocycles. The molecule has 0 atom stereocenters. The van der Waals surface area contributed by atoms with Gasteiger partial charge in [0.25, 0.3) is 0 Å². The zero-order valence-electron chi connectivity index (χ0n) is 16.0. The SMILES string of the molecule is Cc1cc(N2CCN(CC(=O)N3CCCCC3)CC2)c2cc(F)ccc2n1. The second-order valence-electron chi connectivity index (χ2n) is 7.65. The van der Waals surface area contributed by atoms with Crippen LogP contribution in [0.4, 0.5) is 10.1 Å². The van der Waals surface area contributed by atoms with Crippen molar-refractivity contribution in [2.75, 3.05) is 50.7 Å². The van der Waals surface area contributed by atoms with Crippen molar-refractivity contribution >= 4 is 22.5 Å². The molecule has 0 radical (unpaired) electrons. The predicted molar refractivity (Wildman–Crippen MR) is 106 cm³/mol. The van der Waals surface area contributed by atoms with Crippen LogP contribution in [0.2, 0.25) is 0 Å². The molecule has 2 fully saturated rings. The second-order valence-corrected chi connectivity index (χ2v) is 7.65. The Morgan fingerprint density at radius 3 is 2.52 bits per heavy atom. The third-order valence-electron chi connectivity index (χ3n) is 5.66. The first-order valence-corrected chi connectivity index (χ1v) is 9.92. The topological polar surface area (TPSA) is 39.7 Å². The molecule has 0 N–H and O–H groups in total. The van der Waals surface area contributed by atoms with Crippen molar-refractivity contribution in [1.29, 1.82) is 0 Å². The van der Waals surface area contributed by atoms with Gasteiger partial charge < -0.3 is 9.80 Å². The highest BCUT2D eigenvalue weighted by Crippen LogP contribution is 2.28. The summed E-state index contributed by atoms with van der Waals surface area (Å²) in [7, 11) is 0. The van der Waals surface area contributed by atoms with Crippen molar-refractivity contribution in [1.82, 2.24) is 14.8 Å². The number of nitrogens with zero attached hydrogens (tertiary/aromatic N) is 4. The van der Waals surface area contributed by atoms with Crippen molar-refractivity contribution in [2.24, 2.45) is 0 Å². The number of benzene rings is 1. The Hall–Kier alpha value is -2.21. The van der Waals surface area contributed by atoms with Gasteiger partial charge in [0, 0.05) is 56.0 Å². The summed E-state index contributed by atoms with van der Waals surface area (Å²) in [5, 5.41) is 0.860. The fraction of sp³-hybridized carbons (Fsp3) is 0.524. The van der Waals surface area contributed by atoms with E-state index >= 15 is 0 Å². The van der Waals surface area contributed by atoms with Crippen LogP contribution in [-0.2, 0) is 4.79 Å². The molecule has 5 nitrogen and oxygen atoms in total. The summed E-state index contributed by atoms with van der Waals surface area (Å²) in [5.74, 6) is 0.0237. The summed E-state index contributed by atoms with van der Waals surface area (Å²) in [5.41, 5.74) is 2.81. The number of rotatable bonds is 3. The Labute approximate surface area is 159 Å². The number of piperazine rings is 1. The van der Waals surface area contributed by atoms with Gasteiger partial charge in [0.05, 0.1) is 12.1 Å². The molecule has 0 spiro atoms. The largest absolute Gasteiger partial charge is 0.368 e. The Kier molecular flexibility index (Phi) is 5.25. The van der Waals surface area contributed by atoms with Gasteiger partial charge in [-0.2, -0.15) is 0 Å². The van der Waals surface area contributed by atoms with Gasteiger partial charge in [-0.15, -0.1) is 0 Å². The Bertz CT molecular complexity index is 826. The highest BCUT2D eigenvalue weighted by atomic mass is 19.1. The monoisotopic (exact) mass is 370 g/mol. The van der Waals surface area contributed by atoms with E-state index in [1.54, 1.807) is 12.1 Å². The van der Waals surface area contributed by atoms with Crippen LogP contribution >= 0.6 is 0 Å². The van der Waals surface area contributed by atoms with Gasteiger partial charge in [-0.3, -0.25) is 14.7 Å². The standard InChI is InChI=1S/C21H27FN4O/c1-16-13-20(18-14-17(22)5-6-19(18)23-16)25-11-9-24(10-12-25)15-21(27)26-7-3-2-4-8-26/h5-6,13-14H,2-4,7-12,15H2,1H3. The minimum atomic E-state index is -0.236. The number of likely N-dealkylation sites (tertiary alicyclic amines) is 1. The first-order chi connectivity index (χ1) is 13.1. The van der Waals surface area contributed by atoms with Crippen LogP contribution in [0.25, 0.3) is 10.9 Å². The quantitative estimate of drug-likeness (QED) is 0.833. The van der Waals surface area contributed by atoms with E-state index in [9.17, 15) is 9.18 Å². The maximum Gasteiger partial charge on any atom is 0.236 e. The molecule has 2 aromatic rings. The van der Waals surface area contributed by atoms with Crippen LogP contribution in [0.5, 0.6) is 0 Å². The number of aryl methyl sites for hydroxylation is 1. The van der Waals surface area contributed by atoms with E-state index in [0.717, 1.165) is 74.4 Å². The third kappa shape index (κ3) is 4.05. The van der Waals surface area contributed by atoms with Gasteiger partial charge in [-0.1, -0.05) is 0 Å². The van der Waals surface area contributed by atoms with Gasteiger partial charge in [-0.25, -0.2) is 4.39 Å². The number of fused-ring (bicyclic) bond motifs is 1. The molecule has 1 amide bonds. The third-order valence-corrected chi connectivity index (χ3v) is 5.66. The van der Waals surface area contributed by atoms with Gasteiger partial charge in [0.1, 0.15) is 5.82 Å². The zero-order chi connectivity index (χ0) is 18.8. The fourth-order valence-corrected chi connectivity index (χ4v) is 4.15. The summed E-state index contributed by atoms with van der Waals surface area (Å²) < 4.78 is 13.8. The molecule has 144 valence electrons. The molecule has 0 bridgehead atoms. The van der Waals surface area contributed by atoms with Gasteiger partial charge in [-0.05, 0) is 50.5 Å². The number of halogens is 1. The van der Waals surface area contributed by atoms with E-state index < -0.39 is 0 Å². The lowest BCUT2D eigenvalue weighted by atomic mass is 10.1. The first kappa shape index (κ1) is 18.2. The van der Waals surface area contributed by atoms with E-state index in [1.807, 2.05) is 17.9 Å². The number of amides is 1. The molecular weight excluding hydrogens is 343 g/mol. The average Bonchev–Trinajstić information content (AvgIpc) is 2.69. The summed E-state index contributed by atoms with van der Waals surface area (Å²) in [4.78, 5) is 23.6. The lowest BCUT2D eigenvalue weighted by Gasteiger charge is -2.37. The molecule has 1 aromatic carbocycles. The number of hydrogen-bond acceptors (Lipinski definition) is 4. The summed E-state index contributed by atoms with van der Waals surface area (Å²) in [6, 6.07) is 6.82. The molecule has 4 rings (SSSR count). The second kappa shape index (κ2) is 7.80. The van der Waals surface area contributed by atoms with E-state index in [4.69, 9.17) is 0 Å². The molecule has 2 aliphatic heterocycles. The zero-order valence-corrected chi connectivity index (χ0v) is 16.0. The predicted octanol–water partition coefficient (Wildman–Crippen LogP) is 2.82. The molecule has 1 aromatic heterocycles. The van der Waals surface area contributed by atoms with Crippen molar-refractivity contribution in [3.05, 3.63) is 35.8 Å². The van der Waals surface area contributed by atoms with Crippen molar-refractivity contribution in [3.8, 4) is 0 Å². The number of aromatic nitrogens is 1. The molecule has 0 aliphatic carbocycles. The molecule has 0 unspecified atom stereocenters. The van der Waals surface area contributed by atoms with Gasteiger partial charge >= 0.3 is 0 Å². The van der Waals surface area contributed by atoms with Crippen molar-refractivity contribution < 1.29 is 9.18 Å². The molecule has 27 heavy (non-hydrogen) atoms. The smallest absolute Gasteiger partial charge is 0.236 e. The number of anilines is 1. The van der Waals surface area contributed by atoms with E-state index in [0.29, 0.717) is 6.54 Å². The molecule has 6 heteroatoms. The minimum Gasteiger partial charge on any atom is -0.368 e. The van der Waals surface area contributed by atoms with E-state index in [-0.39, 0.29) is 11.7 Å². The Morgan fingerprint density at radius 2 is 1.78 bits per heavy atom. The number of carbonyl (C=O) groups excluding carboxylic acids is 1. The fourth-order valence-electron chi connectivity index (χ4n) is 4.15. The highest BCUT2D eigenvalue weighted by Gasteiger charge is 2.24. The van der Waals surface area contributed by atoms with Crippen LogP contribution in [0.1, 0.15) is 25.0 Å². The normalized spacial score (nSPS) is 18.9. The van der Waals surface area contributed by atoms with Crippen LogP contribution in [0, 0.1) is 12.7 Å². The molecule has 3 heterocycles. The van der Waals surface area contributed by atoms with Gasteiger partial charge in [0.15, 0.2) is 0 Å². The van der Waals surface area contributed by atoms with Crippen LogP contribution in [0.3, 0.4) is 0 Å². The molecular formula is C21H27FN4O. The van der Waals surface area contributed by atoms with E-state index in [2.05, 4.69) is 14.8 Å². The van der Waals surface area contributed by atoms with Crippen molar-refractivity contribution in [3.63, 3.8) is 0 Å². The minimum absolute atomic E-state index is 0.236. The Morgan fingerprint density at radius 1 is 1.04 bits per heavy atom. The lowest BCUT2D eigenvalue weighted by Crippen LogP contribution is -2.50. The molecule has 2 aliphatic rings. The average molecular weight is 370 g/mol. The number of hydrogen-bond donors (Lipinski definition) is 0. The number of pyridine rings is 1. The van der Waals surface area contributed by atoms with Crippen LogP contribution < -0.4 is 4.90 Å². The lowest BCUT2D eigenvalue weighted by molar-refractivity contribution is -0.133. The maximum absolute atomic E-state index is 13.8. The van der Waals surface area contributed by atoms with E-state index in [1.165, 1.54) is 12.5 Å². The summed E-state index contributed by atoms with van der Waals surface area (Å²) in [6.07, 6.45) is 3.50. The van der Waals surface area contributed by atoms with Crippen molar-refractivity contribution in [2.45, 2.75) is 26.2 Å². The van der Waals surface area contributed by atoms with Crippen LogP contribution in [0.15, 0.2) is 24.3 Å². The Balaban J connectivity index is 1.43. The summed E-state index contributed by atoms with van der Waals surface area (Å²) >= 11 is 0.